The third kappa shape index (κ3) is 3.15. The van der Waals surface area contributed by atoms with E-state index in [1.807, 2.05) is 36.4 Å². The van der Waals surface area contributed by atoms with Crippen molar-refractivity contribution in [1.82, 2.24) is 0 Å². The van der Waals surface area contributed by atoms with E-state index in [0.717, 1.165) is 12.2 Å². The van der Waals surface area contributed by atoms with Gasteiger partial charge >= 0.3 is 0 Å². The number of rotatable bonds is 5. The molecule has 2 aromatic carbocycles. The Labute approximate surface area is 115 Å². The summed E-state index contributed by atoms with van der Waals surface area (Å²) < 4.78 is 0. The number of para-hydroxylation sites is 1. The largest absolute Gasteiger partial charge is 0.395 e. The first-order valence-electron chi connectivity index (χ1n) is 6.58. The number of aliphatic hydroxyl groups excluding tert-OH is 1. The molecule has 0 amide bonds. The van der Waals surface area contributed by atoms with Gasteiger partial charge in [-0.1, -0.05) is 55.5 Å². The van der Waals surface area contributed by atoms with E-state index in [9.17, 15) is 5.11 Å². The van der Waals surface area contributed by atoms with Crippen LogP contribution in [0.5, 0.6) is 0 Å². The second-order valence-corrected chi connectivity index (χ2v) is 5.28. The molecule has 0 spiro atoms. The molecule has 19 heavy (non-hydrogen) atoms. The van der Waals surface area contributed by atoms with E-state index in [1.54, 1.807) is 0 Å². The zero-order valence-corrected chi connectivity index (χ0v) is 11.6. The maximum atomic E-state index is 9.81. The molecule has 1 unspecified atom stereocenters. The lowest BCUT2D eigenvalue weighted by atomic mass is 9.82. The Morgan fingerprint density at radius 1 is 0.947 bits per heavy atom. The van der Waals surface area contributed by atoms with E-state index < -0.39 is 0 Å². The molecule has 1 N–H and O–H groups in total. The minimum absolute atomic E-state index is 0.133. The number of hydrogen-bond donors (Lipinski definition) is 1. The van der Waals surface area contributed by atoms with Crippen LogP contribution in [0.3, 0.4) is 0 Å². The molecule has 0 saturated carbocycles. The van der Waals surface area contributed by atoms with Crippen LogP contribution in [0.15, 0.2) is 60.7 Å². The summed E-state index contributed by atoms with van der Waals surface area (Å²) >= 11 is 0. The predicted molar refractivity (Wildman–Crippen MR) is 80.6 cm³/mol. The average Bonchev–Trinajstić information content (AvgIpc) is 2.49. The monoisotopic (exact) mass is 255 g/mol. The van der Waals surface area contributed by atoms with Gasteiger partial charge in [-0.05, 0) is 17.7 Å². The number of anilines is 1. The van der Waals surface area contributed by atoms with Gasteiger partial charge in [-0.25, -0.2) is 0 Å². The van der Waals surface area contributed by atoms with E-state index in [4.69, 9.17) is 0 Å². The van der Waals surface area contributed by atoms with Crippen molar-refractivity contribution in [3.8, 4) is 0 Å². The molecule has 0 radical (unpaired) electrons. The molecule has 100 valence electrons. The molecule has 2 aromatic rings. The van der Waals surface area contributed by atoms with Gasteiger partial charge in [-0.2, -0.15) is 0 Å². The van der Waals surface area contributed by atoms with Crippen molar-refractivity contribution in [3.05, 3.63) is 66.2 Å². The van der Waals surface area contributed by atoms with Crippen LogP contribution in [0.1, 0.15) is 12.5 Å². The van der Waals surface area contributed by atoms with Gasteiger partial charge < -0.3 is 10.0 Å². The van der Waals surface area contributed by atoms with Crippen LogP contribution in [0.4, 0.5) is 5.69 Å². The maximum Gasteiger partial charge on any atom is 0.0542 e. The number of hydrogen-bond acceptors (Lipinski definition) is 2. The van der Waals surface area contributed by atoms with Gasteiger partial charge in [0.2, 0.25) is 0 Å². The summed E-state index contributed by atoms with van der Waals surface area (Å²) in [4.78, 5) is 2.18. The third-order valence-corrected chi connectivity index (χ3v) is 3.60. The van der Waals surface area contributed by atoms with Crippen molar-refractivity contribution >= 4 is 5.69 Å². The first kappa shape index (κ1) is 13.6. The van der Waals surface area contributed by atoms with Gasteiger partial charge in [0.1, 0.15) is 0 Å². The Hall–Kier alpha value is -1.80. The minimum Gasteiger partial charge on any atom is -0.395 e. The molecule has 0 aliphatic heterocycles. The quantitative estimate of drug-likeness (QED) is 0.887. The summed E-state index contributed by atoms with van der Waals surface area (Å²) in [6.07, 6.45) is 0. The topological polar surface area (TPSA) is 23.5 Å². The molecule has 0 aliphatic carbocycles. The fraction of sp³-hybridized carbons (Fsp3) is 0.294. The SMILES string of the molecule is CN(CC(C)(CO)c1ccccc1)c1ccccc1. The normalized spacial score (nSPS) is 13.8. The van der Waals surface area contributed by atoms with Crippen LogP contribution >= 0.6 is 0 Å². The molecule has 0 bridgehead atoms. The van der Waals surface area contributed by atoms with Crippen molar-refractivity contribution in [3.63, 3.8) is 0 Å². The van der Waals surface area contributed by atoms with Gasteiger partial charge in [0, 0.05) is 24.7 Å². The van der Waals surface area contributed by atoms with Crippen LogP contribution in [0.25, 0.3) is 0 Å². The summed E-state index contributed by atoms with van der Waals surface area (Å²) in [7, 11) is 2.06. The zero-order chi connectivity index (χ0) is 13.7. The van der Waals surface area contributed by atoms with Crippen molar-refractivity contribution < 1.29 is 5.11 Å². The molecular formula is C17H21NO. The van der Waals surface area contributed by atoms with E-state index in [-0.39, 0.29) is 12.0 Å². The third-order valence-electron chi connectivity index (χ3n) is 3.60. The van der Waals surface area contributed by atoms with Crippen molar-refractivity contribution in [2.24, 2.45) is 0 Å². The molecule has 2 rings (SSSR count). The minimum atomic E-state index is -0.258. The van der Waals surface area contributed by atoms with Gasteiger partial charge in [0.25, 0.3) is 0 Å². The highest BCUT2D eigenvalue weighted by atomic mass is 16.3. The molecule has 0 fully saturated rings. The standard InChI is InChI=1S/C17H21NO/c1-17(14-19,15-9-5-3-6-10-15)13-18(2)16-11-7-4-8-12-16/h3-12,19H,13-14H2,1-2H3. The van der Waals surface area contributed by atoms with Gasteiger partial charge in [0.15, 0.2) is 0 Å². The number of nitrogens with zero attached hydrogens (tertiary/aromatic N) is 1. The highest BCUT2D eigenvalue weighted by molar-refractivity contribution is 5.46. The summed E-state index contributed by atoms with van der Waals surface area (Å²) in [6, 6.07) is 20.4. The van der Waals surface area contributed by atoms with E-state index >= 15 is 0 Å². The Bertz CT molecular complexity index is 497. The Kier molecular flexibility index (Phi) is 4.23. The van der Waals surface area contributed by atoms with Crippen LogP contribution in [-0.4, -0.2) is 25.3 Å². The summed E-state index contributed by atoms with van der Waals surface area (Å²) in [5, 5.41) is 9.81. The van der Waals surface area contributed by atoms with Crippen LogP contribution in [0, 0.1) is 0 Å². The lowest BCUT2D eigenvalue weighted by Gasteiger charge is -2.33. The van der Waals surface area contributed by atoms with Gasteiger partial charge in [-0.3, -0.25) is 0 Å². The van der Waals surface area contributed by atoms with Crippen LogP contribution in [-0.2, 0) is 5.41 Å². The second kappa shape index (κ2) is 5.89. The lowest BCUT2D eigenvalue weighted by Crippen LogP contribution is -2.39. The smallest absolute Gasteiger partial charge is 0.0542 e. The second-order valence-electron chi connectivity index (χ2n) is 5.28. The zero-order valence-electron chi connectivity index (χ0n) is 11.6. The average molecular weight is 255 g/mol. The number of aliphatic hydroxyl groups is 1. The lowest BCUT2D eigenvalue weighted by molar-refractivity contribution is 0.209. The van der Waals surface area contributed by atoms with Crippen molar-refractivity contribution in [2.45, 2.75) is 12.3 Å². The molecule has 2 nitrogen and oxygen atoms in total. The van der Waals surface area contributed by atoms with E-state index in [1.165, 1.54) is 5.56 Å². The highest BCUT2D eigenvalue weighted by Crippen LogP contribution is 2.26. The summed E-state index contributed by atoms with van der Waals surface area (Å²) in [5.74, 6) is 0. The molecular weight excluding hydrogens is 234 g/mol. The summed E-state index contributed by atoms with van der Waals surface area (Å²) in [5.41, 5.74) is 2.07. The van der Waals surface area contributed by atoms with Gasteiger partial charge in [-0.15, -0.1) is 0 Å². The molecule has 1 atom stereocenters. The van der Waals surface area contributed by atoms with Crippen LogP contribution in [0.2, 0.25) is 0 Å². The molecule has 0 aliphatic rings. The first-order chi connectivity index (χ1) is 9.15. The Balaban J connectivity index is 2.20. The fourth-order valence-electron chi connectivity index (χ4n) is 2.37. The van der Waals surface area contributed by atoms with Crippen molar-refractivity contribution in [2.75, 3.05) is 25.1 Å². The Morgan fingerprint density at radius 2 is 1.47 bits per heavy atom. The Morgan fingerprint density at radius 3 is 2.00 bits per heavy atom. The van der Waals surface area contributed by atoms with Crippen LogP contribution < -0.4 is 4.90 Å². The summed E-state index contributed by atoms with van der Waals surface area (Å²) in [6.45, 7) is 3.01. The molecule has 0 heterocycles. The molecule has 0 saturated heterocycles. The molecule has 2 heteroatoms. The maximum absolute atomic E-state index is 9.81. The predicted octanol–water partition coefficient (Wildman–Crippen LogP) is 3.07. The van der Waals surface area contributed by atoms with Crippen molar-refractivity contribution in [1.29, 1.82) is 0 Å². The number of benzene rings is 2. The van der Waals surface area contributed by atoms with E-state index in [2.05, 4.69) is 43.1 Å². The first-order valence-corrected chi connectivity index (χ1v) is 6.58. The highest BCUT2D eigenvalue weighted by Gasteiger charge is 2.27. The molecule has 0 aromatic heterocycles. The van der Waals surface area contributed by atoms with Gasteiger partial charge in [0.05, 0.1) is 6.61 Å². The van der Waals surface area contributed by atoms with E-state index in [0.29, 0.717) is 0 Å². The number of likely N-dealkylation sites (N-methyl/N-ethyl adjacent to an activating group) is 1. The fourth-order valence-corrected chi connectivity index (χ4v) is 2.37.